The van der Waals surface area contributed by atoms with E-state index < -0.39 is 12.1 Å². The number of urea groups is 1. The molecule has 0 radical (unpaired) electrons. The first-order valence-corrected chi connectivity index (χ1v) is 8.88. The Balaban J connectivity index is 1.37. The molecule has 0 unspecified atom stereocenters. The fourth-order valence-electron chi connectivity index (χ4n) is 3.14. The number of hydrogen-bond acceptors (Lipinski definition) is 5. The summed E-state index contributed by atoms with van der Waals surface area (Å²) in [5.74, 6) is 0.360. The van der Waals surface area contributed by atoms with Crippen LogP contribution >= 0.6 is 0 Å². The minimum Gasteiger partial charge on any atom is -0.410 e. The number of benzene rings is 2. The van der Waals surface area contributed by atoms with Crippen molar-refractivity contribution < 1.29 is 14.3 Å². The van der Waals surface area contributed by atoms with Gasteiger partial charge in [0.05, 0.1) is 18.6 Å². The molecule has 0 saturated carbocycles. The summed E-state index contributed by atoms with van der Waals surface area (Å²) < 4.78 is 5.04. The Morgan fingerprint density at radius 2 is 2.04 bits per heavy atom. The average molecular weight is 377 g/mol. The number of amides is 3. The second-order valence-electron chi connectivity index (χ2n) is 6.36. The number of nitrogens with zero attached hydrogens (tertiary/aromatic N) is 2. The molecule has 1 aromatic heterocycles. The van der Waals surface area contributed by atoms with Crippen molar-refractivity contribution in [3.63, 3.8) is 0 Å². The lowest BCUT2D eigenvalue weighted by Crippen LogP contribution is -2.36. The molecule has 1 aliphatic rings. The topological polar surface area (TPSA) is 99.4 Å². The summed E-state index contributed by atoms with van der Waals surface area (Å²) in [6, 6.07) is 13.6. The zero-order valence-electron chi connectivity index (χ0n) is 15.0. The van der Waals surface area contributed by atoms with Gasteiger partial charge in [-0.15, -0.1) is 0 Å². The van der Waals surface area contributed by atoms with Gasteiger partial charge < -0.3 is 19.9 Å². The smallest absolute Gasteiger partial charge is 0.410 e. The van der Waals surface area contributed by atoms with Gasteiger partial charge in [0, 0.05) is 24.1 Å². The Bertz CT molecular complexity index is 973. The molecule has 3 N–H and O–H groups in total. The number of carbonyl (C=O) groups excluding carboxylic acids is 2. The molecule has 3 aromatic rings. The van der Waals surface area contributed by atoms with Crippen LogP contribution in [0.5, 0.6) is 5.75 Å². The quantitative estimate of drug-likeness (QED) is 0.648. The maximum absolute atomic E-state index is 12.1. The highest BCUT2D eigenvalue weighted by Crippen LogP contribution is 2.31. The molecule has 3 amide bonds. The summed E-state index contributed by atoms with van der Waals surface area (Å²) in [5.41, 5.74) is 3.81. The second-order valence-corrected chi connectivity index (χ2v) is 6.36. The number of aromatic amines is 1. The maximum Gasteiger partial charge on any atom is 0.420 e. The maximum atomic E-state index is 12.1. The van der Waals surface area contributed by atoms with Crippen LogP contribution in [0.1, 0.15) is 11.3 Å². The van der Waals surface area contributed by atoms with Gasteiger partial charge in [-0.3, -0.25) is 0 Å². The number of ether oxygens (including phenoxy) is 1. The normalized spacial score (nSPS) is 12.4. The van der Waals surface area contributed by atoms with Gasteiger partial charge in [0.15, 0.2) is 0 Å². The van der Waals surface area contributed by atoms with Crippen LogP contribution in [0, 0.1) is 0 Å². The third kappa shape index (κ3) is 4.12. The van der Waals surface area contributed by atoms with E-state index in [9.17, 15) is 9.59 Å². The number of carbonyl (C=O) groups is 2. The van der Waals surface area contributed by atoms with E-state index >= 15 is 0 Å². The standard InChI is InChI=1S/C20H19N5O3/c26-19(24-20(27)28-17-4-2-1-3-5-17)23-15-7-6-14-8-9-25(18(14)10-15)12-16-11-21-13-22-16/h1-7,10-11,13H,8-9,12H2,(H,21,22)(H2,23,24,26,27). The van der Waals surface area contributed by atoms with Gasteiger partial charge in [-0.25, -0.2) is 19.9 Å². The Labute approximate surface area is 161 Å². The lowest BCUT2D eigenvalue weighted by atomic mass is 10.1. The highest BCUT2D eigenvalue weighted by Gasteiger charge is 2.20. The number of nitrogens with one attached hydrogen (secondary N) is 3. The van der Waals surface area contributed by atoms with E-state index in [1.807, 2.05) is 24.4 Å². The van der Waals surface area contributed by atoms with Crippen molar-refractivity contribution in [3.05, 3.63) is 72.3 Å². The van der Waals surface area contributed by atoms with Gasteiger partial charge in [-0.2, -0.15) is 0 Å². The highest BCUT2D eigenvalue weighted by molar-refractivity contribution is 5.99. The van der Waals surface area contributed by atoms with E-state index in [-0.39, 0.29) is 0 Å². The molecule has 0 bridgehead atoms. The molecule has 2 aromatic carbocycles. The predicted octanol–water partition coefficient (Wildman–Crippen LogP) is 3.29. The van der Waals surface area contributed by atoms with Gasteiger partial charge in [0.2, 0.25) is 0 Å². The van der Waals surface area contributed by atoms with E-state index in [4.69, 9.17) is 4.74 Å². The van der Waals surface area contributed by atoms with Crippen molar-refractivity contribution in [2.75, 3.05) is 16.8 Å². The fraction of sp³-hybridized carbons (Fsp3) is 0.150. The molecule has 142 valence electrons. The third-order valence-electron chi connectivity index (χ3n) is 4.41. The monoisotopic (exact) mass is 377 g/mol. The summed E-state index contributed by atoms with van der Waals surface area (Å²) in [5, 5.41) is 4.82. The van der Waals surface area contributed by atoms with E-state index in [0.29, 0.717) is 18.0 Å². The predicted molar refractivity (Wildman–Crippen MR) is 104 cm³/mol. The largest absolute Gasteiger partial charge is 0.420 e. The van der Waals surface area contributed by atoms with E-state index in [1.165, 1.54) is 5.56 Å². The lowest BCUT2D eigenvalue weighted by molar-refractivity contribution is 0.199. The fourth-order valence-corrected chi connectivity index (χ4v) is 3.14. The third-order valence-corrected chi connectivity index (χ3v) is 4.41. The first-order chi connectivity index (χ1) is 13.7. The summed E-state index contributed by atoms with van der Waals surface area (Å²) >= 11 is 0. The molecule has 0 atom stereocenters. The van der Waals surface area contributed by atoms with E-state index in [2.05, 4.69) is 25.5 Å². The van der Waals surface area contributed by atoms with Crippen molar-refractivity contribution in [3.8, 4) is 5.75 Å². The molecule has 0 saturated heterocycles. The van der Waals surface area contributed by atoms with Gasteiger partial charge in [-0.1, -0.05) is 24.3 Å². The lowest BCUT2D eigenvalue weighted by Gasteiger charge is -2.19. The van der Waals surface area contributed by atoms with Crippen LogP contribution in [0.2, 0.25) is 0 Å². The number of aromatic nitrogens is 2. The molecule has 4 rings (SSSR count). The van der Waals surface area contributed by atoms with Crippen LogP contribution in [0.4, 0.5) is 21.0 Å². The SMILES string of the molecule is O=C(NC(=O)Oc1ccccc1)Nc1ccc2c(c1)N(Cc1c[nH]cn1)CC2. The molecule has 28 heavy (non-hydrogen) atoms. The average Bonchev–Trinajstić information content (AvgIpc) is 3.33. The number of fused-ring (bicyclic) bond motifs is 1. The highest BCUT2D eigenvalue weighted by atomic mass is 16.6. The van der Waals surface area contributed by atoms with Crippen molar-refractivity contribution in [2.24, 2.45) is 0 Å². The minimum absolute atomic E-state index is 0.360. The van der Waals surface area contributed by atoms with Crippen LogP contribution in [0.3, 0.4) is 0 Å². The van der Waals surface area contributed by atoms with Crippen LogP contribution in [0.15, 0.2) is 61.1 Å². The number of rotatable bonds is 4. The molecule has 0 spiro atoms. The Morgan fingerprint density at radius 3 is 2.82 bits per heavy atom. The Morgan fingerprint density at radius 1 is 1.18 bits per heavy atom. The number of H-pyrrole nitrogens is 1. The molecule has 8 heteroatoms. The molecule has 2 heterocycles. The van der Waals surface area contributed by atoms with Crippen molar-refractivity contribution in [1.29, 1.82) is 0 Å². The first kappa shape index (κ1) is 17.6. The van der Waals surface area contributed by atoms with E-state index in [0.717, 1.165) is 24.3 Å². The zero-order chi connectivity index (χ0) is 19.3. The van der Waals surface area contributed by atoms with Crippen LogP contribution < -0.4 is 20.3 Å². The van der Waals surface area contributed by atoms with Gasteiger partial charge in [-0.05, 0) is 36.2 Å². The zero-order valence-corrected chi connectivity index (χ0v) is 15.0. The molecule has 0 fully saturated rings. The minimum atomic E-state index is -0.843. The number of anilines is 2. The van der Waals surface area contributed by atoms with Crippen molar-refractivity contribution in [1.82, 2.24) is 15.3 Å². The summed E-state index contributed by atoms with van der Waals surface area (Å²) in [7, 11) is 0. The summed E-state index contributed by atoms with van der Waals surface area (Å²) in [6.07, 6.45) is 3.62. The van der Waals surface area contributed by atoms with Crippen LogP contribution in [-0.2, 0) is 13.0 Å². The number of imide groups is 1. The summed E-state index contributed by atoms with van der Waals surface area (Å²) in [6.45, 7) is 1.58. The molecular weight excluding hydrogens is 358 g/mol. The molecule has 8 nitrogen and oxygen atoms in total. The van der Waals surface area contributed by atoms with E-state index in [1.54, 1.807) is 36.7 Å². The molecule has 0 aliphatic carbocycles. The second kappa shape index (κ2) is 7.83. The molecular formula is C20H19N5O3. The first-order valence-electron chi connectivity index (χ1n) is 8.88. The number of para-hydroxylation sites is 1. The Kier molecular flexibility index (Phi) is 4.92. The van der Waals surface area contributed by atoms with Gasteiger partial charge >= 0.3 is 12.1 Å². The Hall–Kier alpha value is -3.81. The van der Waals surface area contributed by atoms with Gasteiger partial charge in [0.1, 0.15) is 5.75 Å². The number of hydrogen-bond donors (Lipinski definition) is 3. The summed E-state index contributed by atoms with van der Waals surface area (Å²) in [4.78, 5) is 33.3. The van der Waals surface area contributed by atoms with Gasteiger partial charge in [0.25, 0.3) is 0 Å². The van der Waals surface area contributed by atoms with Crippen LogP contribution in [-0.4, -0.2) is 28.6 Å². The number of imidazole rings is 1. The molecule has 1 aliphatic heterocycles. The van der Waals surface area contributed by atoms with Crippen LogP contribution in [0.25, 0.3) is 0 Å². The van der Waals surface area contributed by atoms with Crippen molar-refractivity contribution >= 4 is 23.5 Å². The van der Waals surface area contributed by atoms with Crippen molar-refractivity contribution in [2.45, 2.75) is 13.0 Å².